The van der Waals surface area contributed by atoms with Crippen LogP contribution in [0.25, 0.3) is 0 Å². The molecule has 0 aromatic carbocycles. The lowest BCUT2D eigenvalue weighted by Gasteiger charge is -2.10. The molecule has 4 nitrogen and oxygen atoms in total. The summed E-state index contributed by atoms with van der Waals surface area (Å²) in [7, 11) is 0. The van der Waals surface area contributed by atoms with Gasteiger partial charge in [-0.1, -0.05) is 39.5 Å². The molecule has 0 spiro atoms. The SMILES string of the molecule is CCCCC/C(OC=O)=C(/CCCCC)C(N)=O. The van der Waals surface area contributed by atoms with Crippen molar-refractivity contribution in [1.82, 2.24) is 0 Å². The van der Waals surface area contributed by atoms with E-state index in [2.05, 4.69) is 13.8 Å². The van der Waals surface area contributed by atoms with Gasteiger partial charge >= 0.3 is 0 Å². The van der Waals surface area contributed by atoms with Crippen molar-refractivity contribution in [2.75, 3.05) is 0 Å². The van der Waals surface area contributed by atoms with E-state index in [0.717, 1.165) is 38.5 Å². The number of carbonyl (C=O) groups is 2. The Labute approximate surface area is 110 Å². The van der Waals surface area contributed by atoms with Crippen molar-refractivity contribution < 1.29 is 14.3 Å². The summed E-state index contributed by atoms with van der Waals surface area (Å²) < 4.78 is 4.94. The summed E-state index contributed by atoms with van der Waals surface area (Å²) in [6.07, 6.45) is 7.25. The van der Waals surface area contributed by atoms with Crippen LogP contribution in [0.3, 0.4) is 0 Å². The summed E-state index contributed by atoms with van der Waals surface area (Å²) in [5, 5.41) is 0. The first-order valence-corrected chi connectivity index (χ1v) is 6.79. The fraction of sp³-hybridized carbons (Fsp3) is 0.714. The van der Waals surface area contributed by atoms with E-state index >= 15 is 0 Å². The van der Waals surface area contributed by atoms with Crippen LogP contribution in [0.15, 0.2) is 11.3 Å². The molecule has 0 atom stereocenters. The second kappa shape index (κ2) is 10.8. The molecule has 0 aliphatic heterocycles. The van der Waals surface area contributed by atoms with Crippen molar-refractivity contribution in [2.45, 2.75) is 65.2 Å². The van der Waals surface area contributed by atoms with Crippen LogP contribution >= 0.6 is 0 Å². The maximum absolute atomic E-state index is 11.4. The van der Waals surface area contributed by atoms with Crippen molar-refractivity contribution in [1.29, 1.82) is 0 Å². The predicted molar refractivity (Wildman–Crippen MR) is 71.7 cm³/mol. The van der Waals surface area contributed by atoms with E-state index < -0.39 is 5.91 Å². The first-order valence-electron chi connectivity index (χ1n) is 6.79. The van der Waals surface area contributed by atoms with E-state index in [-0.39, 0.29) is 0 Å². The van der Waals surface area contributed by atoms with Gasteiger partial charge in [-0.3, -0.25) is 9.59 Å². The molecule has 0 aliphatic rings. The van der Waals surface area contributed by atoms with Gasteiger partial charge in [0.2, 0.25) is 5.91 Å². The van der Waals surface area contributed by atoms with Gasteiger partial charge in [0, 0.05) is 6.42 Å². The molecular formula is C14H25NO3. The predicted octanol–water partition coefficient (Wildman–Crippen LogP) is 3.06. The molecule has 0 radical (unpaired) electrons. The minimum Gasteiger partial charge on any atom is -0.433 e. The molecule has 0 aromatic heterocycles. The average Bonchev–Trinajstić information content (AvgIpc) is 2.34. The standard InChI is InChI=1S/C14H25NO3/c1-3-5-7-9-12(14(15)17)13(18-11-16)10-8-6-4-2/h11H,3-10H2,1-2H3,(H2,15,17)/b13-12+. The molecule has 0 aliphatic carbocycles. The maximum Gasteiger partial charge on any atom is 0.298 e. The molecule has 18 heavy (non-hydrogen) atoms. The molecule has 0 saturated heterocycles. The molecule has 2 N–H and O–H groups in total. The van der Waals surface area contributed by atoms with Gasteiger partial charge in [0.15, 0.2) is 0 Å². The van der Waals surface area contributed by atoms with Crippen LogP contribution in [0, 0.1) is 0 Å². The van der Waals surface area contributed by atoms with Crippen molar-refractivity contribution >= 4 is 12.4 Å². The Morgan fingerprint density at radius 2 is 1.61 bits per heavy atom. The molecule has 0 rings (SSSR count). The number of hydrogen-bond donors (Lipinski definition) is 1. The Balaban J connectivity index is 4.67. The van der Waals surface area contributed by atoms with Gasteiger partial charge in [-0.05, 0) is 19.3 Å². The third-order valence-electron chi connectivity index (χ3n) is 2.86. The average molecular weight is 255 g/mol. The van der Waals surface area contributed by atoms with Crippen LogP contribution in [0.5, 0.6) is 0 Å². The number of hydrogen-bond acceptors (Lipinski definition) is 3. The quantitative estimate of drug-likeness (QED) is 0.267. The van der Waals surface area contributed by atoms with E-state index in [9.17, 15) is 9.59 Å². The fourth-order valence-electron chi connectivity index (χ4n) is 1.83. The van der Waals surface area contributed by atoms with Gasteiger partial charge in [-0.25, -0.2) is 0 Å². The zero-order chi connectivity index (χ0) is 13.8. The van der Waals surface area contributed by atoms with Gasteiger partial charge in [0.05, 0.1) is 5.57 Å². The Morgan fingerprint density at radius 1 is 1.06 bits per heavy atom. The van der Waals surface area contributed by atoms with Crippen molar-refractivity contribution in [3.8, 4) is 0 Å². The summed E-state index contributed by atoms with van der Waals surface area (Å²) in [5.41, 5.74) is 5.84. The second-order valence-corrected chi connectivity index (χ2v) is 4.39. The normalized spacial score (nSPS) is 11.9. The number of unbranched alkanes of at least 4 members (excludes halogenated alkanes) is 4. The molecule has 1 amide bonds. The number of allylic oxidation sites excluding steroid dienone is 1. The lowest BCUT2D eigenvalue weighted by atomic mass is 10.0. The Bertz CT molecular complexity index is 285. The van der Waals surface area contributed by atoms with Gasteiger partial charge in [-0.2, -0.15) is 0 Å². The molecule has 0 bridgehead atoms. The number of carbonyl (C=O) groups excluding carboxylic acids is 2. The Hall–Kier alpha value is -1.32. The van der Waals surface area contributed by atoms with Crippen LogP contribution < -0.4 is 5.73 Å². The van der Waals surface area contributed by atoms with Gasteiger partial charge in [0.1, 0.15) is 5.76 Å². The first kappa shape index (κ1) is 16.7. The summed E-state index contributed by atoms with van der Waals surface area (Å²) in [5.74, 6) is -0.0125. The van der Waals surface area contributed by atoms with Crippen molar-refractivity contribution in [3.05, 3.63) is 11.3 Å². The molecule has 0 saturated carbocycles. The smallest absolute Gasteiger partial charge is 0.298 e. The zero-order valence-corrected chi connectivity index (χ0v) is 11.5. The molecule has 0 heterocycles. The number of rotatable bonds is 11. The van der Waals surface area contributed by atoms with Gasteiger partial charge in [0.25, 0.3) is 6.47 Å². The fourth-order valence-corrected chi connectivity index (χ4v) is 1.83. The molecule has 0 unspecified atom stereocenters. The summed E-state index contributed by atoms with van der Waals surface area (Å²) in [4.78, 5) is 21.9. The Kier molecular flexibility index (Phi) is 10.0. The van der Waals surface area contributed by atoms with Crippen LogP contribution in [-0.4, -0.2) is 12.4 Å². The highest BCUT2D eigenvalue weighted by molar-refractivity contribution is 5.92. The summed E-state index contributed by atoms with van der Waals surface area (Å²) in [6, 6.07) is 0. The molecular weight excluding hydrogens is 230 g/mol. The molecule has 0 fully saturated rings. The third kappa shape index (κ3) is 7.09. The lowest BCUT2D eigenvalue weighted by molar-refractivity contribution is -0.125. The number of amides is 1. The third-order valence-corrected chi connectivity index (χ3v) is 2.86. The van der Waals surface area contributed by atoms with E-state index in [0.29, 0.717) is 30.6 Å². The molecule has 104 valence electrons. The highest BCUT2D eigenvalue weighted by atomic mass is 16.5. The van der Waals surface area contributed by atoms with Crippen molar-refractivity contribution in [3.63, 3.8) is 0 Å². The van der Waals surface area contributed by atoms with E-state index in [1.165, 1.54) is 0 Å². The minimum atomic E-state index is -0.473. The van der Waals surface area contributed by atoms with Crippen molar-refractivity contribution in [2.24, 2.45) is 5.73 Å². The largest absolute Gasteiger partial charge is 0.433 e. The van der Waals surface area contributed by atoms with Crippen LogP contribution in [-0.2, 0) is 14.3 Å². The van der Waals surface area contributed by atoms with Crippen LogP contribution in [0.2, 0.25) is 0 Å². The van der Waals surface area contributed by atoms with Crippen LogP contribution in [0.1, 0.15) is 65.2 Å². The van der Waals surface area contributed by atoms with E-state index in [1.807, 2.05) is 0 Å². The summed E-state index contributed by atoms with van der Waals surface area (Å²) >= 11 is 0. The second-order valence-electron chi connectivity index (χ2n) is 4.39. The monoisotopic (exact) mass is 255 g/mol. The zero-order valence-electron chi connectivity index (χ0n) is 11.5. The first-order chi connectivity index (χ1) is 8.67. The highest BCUT2D eigenvalue weighted by Gasteiger charge is 2.13. The minimum absolute atomic E-state index is 0.379. The molecule has 4 heteroatoms. The number of ether oxygens (including phenoxy) is 1. The van der Waals surface area contributed by atoms with E-state index in [1.54, 1.807) is 0 Å². The highest BCUT2D eigenvalue weighted by Crippen LogP contribution is 2.19. The molecule has 0 aromatic rings. The Morgan fingerprint density at radius 3 is 2.06 bits per heavy atom. The van der Waals surface area contributed by atoms with Gasteiger partial charge < -0.3 is 10.5 Å². The van der Waals surface area contributed by atoms with Crippen LogP contribution in [0.4, 0.5) is 0 Å². The number of primary amides is 1. The van der Waals surface area contributed by atoms with Gasteiger partial charge in [-0.15, -0.1) is 0 Å². The summed E-state index contributed by atoms with van der Waals surface area (Å²) in [6.45, 7) is 4.57. The number of nitrogens with two attached hydrogens (primary N) is 1. The lowest BCUT2D eigenvalue weighted by Crippen LogP contribution is -2.17. The maximum atomic E-state index is 11.4. The topological polar surface area (TPSA) is 69.4 Å². The van der Waals surface area contributed by atoms with E-state index in [4.69, 9.17) is 10.5 Å².